The van der Waals surface area contributed by atoms with Crippen molar-refractivity contribution in [2.45, 2.75) is 10.1 Å². The van der Waals surface area contributed by atoms with Gasteiger partial charge in [-0.2, -0.15) is 0 Å². The molecule has 0 aromatic heterocycles. The molecule has 0 saturated heterocycles. The lowest BCUT2D eigenvalue weighted by Gasteiger charge is -2.18. The first-order valence-electron chi connectivity index (χ1n) is 14.3. The normalized spacial score (nSPS) is 11.6. The van der Waals surface area contributed by atoms with Crippen molar-refractivity contribution >= 4 is 52.6 Å². The molecule has 3 amide bonds. The molecule has 0 aliphatic rings. The Morgan fingerprint density at radius 1 is 0.745 bits per heavy atom. The molecule has 0 fully saturated rings. The Balaban J connectivity index is 1.40. The average Bonchev–Trinajstić information content (AvgIpc) is 3.09. The van der Waals surface area contributed by atoms with E-state index < -0.39 is 27.8 Å². The predicted molar refractivity (Wildman–Crippen MR) is 180 cm³/mol. The molecule has 11 heteroatoms. The molecule has 234 valence electrons. The number of thioether (sulfide) groups is 1. The number of carbonyl (C=O) groups excluding carboxylic acids is 3. The van der Waals surface area contributed by atoms with Crippen molar-refractivity contribution in [1.29, 1.82) is 0 Å². The molecule has 0 aliphatic heterocycles. The van der Waals surface area contributed by atoms with E-state index in [0.717, 1.165) is 5.56 Å². The van der Waals surface area contributed by atoms with E-state index in [-0.39, 0.29) is 28.4 Å². The van der Waals surface area contributed by atoms with Crippen LogP contribution in [-0.2, 0) is 9.59 Å². The van der Waals surface area contributed by atoms with Crippen molar-refractivity contribution in [2.24, 2.45) is 0 Å². The fourth-order valence-electron chi connectivity index (χ4n) is 4.50. The van der Waals surface area contributed by atoms with Gasteiger partial charge in [0, 0.05) is 27.9 Å². The molecule has 0 spiro atoms. The summed E-state index contributed by atoms with van der Waals surface area (Å²) in [5.41, 5.74) is 1.48. The Bertz CT molecular complexity index is 1940. The lowest BCUT2D eigenvalue weighted by Crippen LogP contribution is -2.30. The molecule has 0 bridgehead atoms. The number of rotatable bonds is 11. The highest BCUT2D eigenvalue weighted by molar-refractivity contribution is 8.00. The summed E-state index contributed by atoms with van der Waals surface area (Å²) in [7, 11) is 0. The van der Waals surface area contributed by atoms with Crippen molar-refractivity contribution in [3.05, 3.63) is 172 Å². The van der Waals surface area contributed by atoms with Crippen LogP contribution < -0.4 is 16.0 Å². The molecule has 5 rings (SSSR count). The number of amides is 3. The van der Waals surface area contributed by atoms with Crippen LogP contribution in [0.2, 0.25) is 0 Å². The largest absolute Gasteiger partial charge is 0.325 e. The summed E-state index contributed by atoms with van der Waals surface area (Å²) in [6, 6.07) is 35.5. The van der Waals surface area contributed by atoms with E-state index in [0.29, 0.717) is 16.3 Å². The summed E-state index contributed by atoms with van der Waals surface area (Å²) < 4.78 is 13.4. The number of nitrogens with one attached hydrogen (secondary N) is 3. The van der Waals surface area contributed by atoms with Gasteiger partial charge in [0.15, 0.2) is 0 Å². The van der Waals surface area contributed by atoms with Crippen molar-refractivity contribution in [3.8, 4) is 0 Å². The van der Waals surface area contributed by atoms with Crippen LogP contribution in [0.3, 0.4) is 0 Å². The van der Waals surface area contributed by atoms with Crippen molar-refractivity contribution in [1.82, 2.24) is 5.32 Å². The molecule has 1 unspecified atom stereocenters. The predicted octanol–water partition coefficient (Wildman–Crippen LogP) is 7.62. The lowest BCUT2D eigenvalue weighted by molar-refractivity contribution is -0.385. The molecular weight excluding hydrogens is 619 g/mol. The number of nitro benzene ring substituents is 1. The number of nitrogens with zero attached hydrogens (tertiary/aromatic N) is 1. The number of para-hydroxylation sites is 1. The van der Waals surface area contributed by atoms with Crippen LogP contribution in [0.5, 0.6) is 0 Å². The summed E-state index contributed by atoms with van der Waals surface area (Å²) in [6.45, 7) is 0. The molecular formula is C36H27FN4O5S. The number of halogens is 1. The van der Waals surface area contributed by atoms with Crippen LogP contribution in [0.1, 0.15) is 26.7 Å². The van der Waals surface area contributed by atoms with E-state index in [2.05, 4.69) is 16.0 Å². The highest BCUT2D eigenvalue weighted by Crippen LogP contribution is 2.37. The van der Waals surface area contributed by atoms with Gasteiger partial charge in [0.1, 0.15) is 16.8 Å². The first-order chi connectivity index (χ1) is 22.8. The van der Waals surface area contributed by atoms with Crippen LogP contribution in [0.4, 0.5) is 21.5 Å². The molecule has 9 nitrogen and oxygen atoms in total. The second kappa shape index (κ2) is 15.3. The Morgan fingerprint density at radius 2 is 1.40 bits per heavy atom. The molecule has 0 saturated carbocycles. The monoisotopic (exact) mass is 646 g/mol. The summed E-state index contributed by atoms with van der Waals surface area (Å²) in [4.78, 5) is 51.8. The maximum absolute atomic E-state index is 13.6. The highest BCUT2D eigenvalue weighted by atomic mass is 32.2. The average molecular weight is 647 g/mol. The second-order valence-electron chi connectivity index (χ2n) is 10.1. The third-order valence-electron chi connectivity index (χ3n) is 6.76. The SMILES string of the molecule is O=C(Nc1cccc(SC(C(=O)Nc2ccc(F)cc2)c2ccccc2)c1)/C(=C\c1ccccc1[N+](=O)[O-])NC(=O)c1ccccc1. The van der Waals surface area contributed by atoms with E-state index in [9.17, 15) is 28.9 Å². The van der Waals surface area contributed by atoms with Crippen LogP contribution in [0.15, 0.2) is 144 Å². The third-order valence-corrected chi connectivity index (χ3v) is 8.01. The number of anilines is 2. The van der Waals surface area contributed by atoms with E-state index in [1.165, 1.54) is 60.3 Å². The van der Waals surface area contributed by atoms with Crippen molar-refractivity contribution < 1.29 is 23.7 Å². The summed E-state index contributed by atoms with van der Waals surface area (Å²) in [5.74, 6) is -2.05. The lowest BCUT2D eigenvalue weighted by atomic mass is 10.1. The number of hydrogen-bond acceptors (Lipinski definition) is 6. The van der Waals surface area contributed by atoms with Gasteiger partial charge in [0.2, 0.25) is 5.91 Å². The molecule has 5 aromatic rings. The molecule has 0 aliphatic carbocycles. The van der Waals surface area contributed by atoms with Gasteiger partial charge in [-0.25, -0.2) is 4.39 Å². The van der Waals surface area contributed by atoms with Gasteiger partial charge >= 0.3 is 0 Å². The number of benzene rings is 5. The molecule has 5 aromatic carbocycles. The Morgan fingerprint density at radius 3 is 2.11 bits per heavy atom. The van der Waals surface area contributed by atoms with Crippen LogP contribution in [0, 0.1) is 15.9 Å². The molecule has 0 heterocycles. The van der Waals surface area contributed by atoms with Gasteiger partial charge in [0.25, 0.3) is 17.5 Å². The fraction of sp³-hybridized carbons (Fsp3) is 0.0278. The standard InChI is InChI=1S/C36H27FN4O5S/c37-27-18-20-28(21-19-27)38-36(44)33(24-10-3-1-4-11-24)47-30-16-9-15-29(23-30)39-35(43)31(40-34(42)25-12-5-2-6-13-25)22-26-14-7-8-17-32(26)41(45)46/h1-23,33H,(H,38,44)(H,39,43)(H,40,42)/b31-22+. The van der Waals surface area contributed by atoms with Gasteiger partial charge < -0.3 is 16.0 Å². The molecule has 47 heavy (non-hydrogen) atoms. The molecule has 3 N–H and O–H groups in total. The summed E-state index contributed by atoms with van der Waals surface area (Å²) in [5, 5.41) is 19.1. The van der Waals surface area contributed by atoms with E-state index in [4.69, 9.17) is 0 Å². The highest BCUT2D eigenvalue weighted by Gasteiger charge is 2.23. The van der Waals surface area contributed by atoms with E-state index in [1.54, 1.807) is 60.7 Å². The minimum Gasteiger partial charge on any atom is -0.325 e. The van der Waals surface area contributed by atoms with Gasteiger partial charge in [0.05, 0.1) is 10.5 Å². The fourth-order valence-corrected chi connectivity index (χ4v) is 5.58. The van der Waals surface area contributed by atoms with Crippen molar-refractivity contribution in [2.75, 3.05) is 10.6 Å². The van der Waals surface area contributed by atoms with Gasteiger partial charge in [-0.05, 0) is 72.3 Å². The van der Waals surface area contributed by atoms with Crippen LogP contribution in [-0.4, -0.2) is 22.6 Å². The number of hydrogen-bond donors (Lipinski definition) is 3. The van der Waals surface area contributed by atoms with Crippen molar-refractivity contribution in [3.63, 3.8) is 0 Å². The zero-order valence-corrected chi connectivity index (χ0v) is 25.4. The molecule has 0 radical (unpaired) electrons. The maximum Gasteiger partial charge on any atom is 0.276 e. The van der Waals surface area contributed by atoms with Crippen LogP contribution in [0.25, 0.3) is 6.08 Å². The quantitative estimate of drug-likeness (QED) is 0.0586. The number of carbonyl (C=O) groups is 3. The first-order valence-corrected chi connectivity index (χ1v) is 15.2. The molecule has 1 atom stereocenters. The smallest absolute Gasteiger partial charge is 0.276 e. The van der Waals surface area contributed by atoms with Crippen LogP contribution >= 0.6 is 11.8 Å². The minimum absolute atomic E-state index is 0.123. The van der Waals surface area contributed by atoms with Gasteiger partial charge in [-0.3, -0.25) is 24.5 Å². The first kappa shape index (κ1) is 32.3. The topological polar surface area (TPSA) is 130 Å². The second-order valence-corrected chi connectivity index (χ2v) is 11.3. The maximum atomic E-state index is 13.6. The summed E-state index contributed by atoms with van der Waals surface area (Å²) >= 11 is 1.24. The Hall–Kier alpha value is -6.07. The third kappa shape index (κ3) is 8.77. The Kier molecular flexibility index (Phi) is 10.5. The van der Waals surface area contributed by atoms with E-state index in [1.807, 2.05) is 30.3 Å². The Labute approximate surface area is 273 Å². The minimum atomic E-state index is -0.719. The van der Waals surface area contributed by atoms with Gasteiger partial charge in [-0.15, -0.1) is 11.8 Å². The zero-order chi connectivity index (χ0) is 33.2. The van der Waals surface area contributed by atoms with Gasteiger partial charge in [-0.1, -0.05) is 66.7 Å². The zero-order valence-electron chi connectivity index (χ0n) is 24.6. The number of nitro groups is 1. The van der Waals surface area contributed by atoms with E-state index >= 15 is 0 Å². The summed E-state index contributed by atoms with van der Waals surface area (Å²) in [6.07, 6.45) is 1.25.